The maximum Gasteiger partial charge on any atom is 0.353 e. The summed E-state index contributed by atoms with van der Waals surface area (Å²) in [5.41, 5.74) is -0.508. The number of para-hydroxylation sites is 1. The Balaban J connectivity index is 1.69. The Kier molecular flexibility index (Phi) is 3.76. The second kappa shape index (κ2) is 5.84. The quantitative estimate of drug-likeness (QED) is 0.773. The van der Waals surface area contributed by atoms with E-state index >= 15 is 0 Å². The third kappa shape index (κ3) is 2.26. The van der Waals surface area contributed by atoms with Crippen LogP contribution in [0.25, 0.3) is 0 Å². The largest absolute Gasteiger partial charge is 0.460 e. The summed E-state index contributed by atoms with van der Waals surface area (Å²) >= 11 is 0. The van der Waals surface area contributed by atoms with Crippen LogP contribution in [0.3, 0.4) is 0 Å². The summed E-state index contributed by atoms with van der Waals surface area (Å²) in [6.45, 7) is 0.816. The number of hydrogen-bond acceptors (Lipinski definition) is 5. The van der Waals surface area contributed by atoms with E-state index in [2.05, 4.69) is 0 Å². The Labute approximate surface area is 145 Å². The summed E-state index contributed by atoms with van der Waals surface area (Å²) in [5, 5.41) is 0. The third-order valence-corrected chi connectivity index (χ3v) is 5.29. The Morgan fingerprint density at radius 2 is 2.16 bits per heavy atom. The Bertz CT molecular complexity index is 743. The summed E-state index contributed by atoms with van der Waals surface area (Å²) in [7, 11) is 1.55. The van der Waals surface area contributed by atoms with Crippen LogP contribution in [0.15, 0.2) is 24.3 Å². The number of benzene rings is 1. The SMILES string of the molecule is CN1C(=O)c2ccccc2N2C(=O)CCC12C(=O)OCC1CCCO1. The Hall–Kier alpha value is -2.41. The van der Waals surface area contributed by atoms with Gasteiger partial charge in [-0.3, -0.25) is 14.5 Å². The first-order valence-corrected chi connectivity index (χ1v) is 8.55. The standard InChI is InChI=1S/C18H20N2O5/c1-19-16(22)13-6-2-3-7-14(13)20-15(21)8-9-18(19,20)17(23)25-11-12-5-4-10-24-12/h2-3,6-7,12H,4-5,8-11H2,1H3. The summed E-state index contributed by atoms with van der Waals surface area (Å²) < 4.78 is 11.0. The number of amides is 2. The molecule has 0 saturated carbocycles. The molecule has 0 spiro atoms. The minimum absolute atomic E-state index is 0.109. The Morgan fingerprint density at radius 1 is 1.36 bits per heavy atom. The minimum Gasteiger partial charge on any atom is -0.460 e. The molecule has 7 nitrogen and oxygen atoms in total. The molecule has 7 heteroatoms. The highest BCUT2D eigenvalue weighted by Crippen LogP contribution is 2.44. The molecule has 3 aliphatic heterocycles. The maximum absolute atomic E-state index is 13.0. The maximum atomic E-state index is 13.0. The third-order valence-electron chi connectivity index (χ3n) is 5.29. The van der Waals surface area contributed by atoms with E-state index in [1.54, 1.807) is 31.3 Å². The normalized spacial score (nSPS) is 28.1. The zero-order chi connectivity index (χ0) is 17.6. The average Bonchev–Trinajstić information content (AvgIpc) is 3.26. The van der Waals surface area contributed by atoms with Gasteiger partial charge >= 0.3 is 5.97 Å². The molecule has 2 fully saturated rings. The molecule has 2 atom stereocenters. The van der Waals surface area contributed by atoms with Crippen molar-refractivity contribution in [2.45, 2.75) is 37.5 Å². The lowest BCUT2D eigenvalue weighted by molar-refractivity contribution is -0.159. The van der Waals surface area contributed by atoms with Gasteiger partial charge in [0.15, 0.2) is 0 Å². The molecule has 0 radical (unpaired) electrons. The van der Waals surface area contributed by atoms with Crippen LogP contribution in [0, 0.1) is 0 Å². The van der Waals surface area contributed by atoms with Gasteiger partial charge in [-0.1, -0.05) is 12.1 Å². The number of nitrogens with zero attached hydrogens (tertiary/aromatic N) is 2. The van der Waals surface area contributed by atoms with Crippen LogP contribution in [0.1, 0.15) is 36.0 Å². The zero-order valence-electron chi connectivity index (χ0n) is 14.1. The van der Waals surface area contributed by atoms with Gasteiger partial charge in [-0.15, -0.1) is 0 Å². The van der Waals surface area contributed by atoms with E-state index in [-0.39, 0.29) is 37.4 Å². The van der Waals surface area contributed by atoms with Crippen LogP contribution >= 0.6 is 0 Å². The van der Waals surface area contributed by atoms with E-state index in [1.807, 2.05) is 0 Å². The van der Waals surface area contributed by atoms with Gasteiger partial charge in [0.2, 0.25) is 11.6 Å². The van der Waals surface area contributed by atoms with Crippen LogP contribution in [0.4, 0.5) is 5.69 Å². The molecule has 0 aromatic heterocycles. The van der Waals surface area contributed by atoms with Crippen molar-refractivity contribution in [3.05, 3.63) is 29.8 Å². The molecule has 1 aromatic rings. The topological polar surface area (TPSA) is 76.2 Å². The lowest BCUT2D eigenvalue weighted by Crippen LogP contribution is -2.67. The predicted octanol–water partition coefficient (Wildman–Crippen LogP) is 1.32. The van der Waals surface area contributed by atoms with Crippen molar-refractivity contribution in [3.63, 3.8) is 0 Å². The van der Waals surface area contributed by atoms with Gasteiger partial charge in [-0.2, -0.15) is 0 Å². The molecule has 1 aromatic carbocycles. The number of hydrogen-bond donors (Lipinski definition) is 0. The molecule has 3 aliphatic rings. The predicted molar refractivity (Wildman–Crippen MR) is 87.9 cm³/mol. The molecule has 0 aliphatic carbocycles. The number of anilines is 1. The van der Waals surface area contributed by atoms with Crippen molar-refractivity contribution in [2.75, 3.05) is 25.2 Å². The first-order chi connectivity index (χ1) is 12.1. The molecular formula is C18H20N2O5. The molecular weight excluding hydrogens is 324 g/mol. The lowest BCUT2D eigenvalue weighted by atomic mass is 9.97. The molecule has 25 heavy (non-hydrogen) atoms. The smallest absolute Gasteiger partial charge is 0.353 e. The number of carbonyl (C=O) groups is 3. The fourth-order valence-corrected chi connectivity index (χ4v) is 3.95. The fraction of sp³-hybridized carbons (Fsp3) is 0.500. The zero-order valence-corrected chi connectivity index (χ0v) is 14.1. The lowest BCUT2D eigenvalue weighted by Gasteiger charge is -2.46. The van der Waals surface area contributed by atoms with Crippen molar-refractivity contribution >= 4 is 23.5 Å². The summed E-state index contributed by atoms with van der Waals surface area (Å²) in [6, 6.07) is 6.87. The highest BCUT2D eigenvalue weighted by atomic mass is 16.6. The van der Waals surface area contributed by atoms with E-state index in [0.29, 0.717) is 17.9 Å². The molecule has 2 saturated heterocycles. The van der Waals surface area contributed by atoms with E-state index in [1.165, 1.54) is 9.80 Å². The minimum atomic E-state index is -1.40. The monoisotopic (exact) mass is 344 g/mol. The van der Waals surface area contributed by atoms with Gasteiger partial charge in [0.05, 0.1) is 17.4 Å². The number of ether oxygens (including phenoxy) is 2. The van der Waals surface area contributed by atoms with Gasteiger partial charge < -0.3 is 14.4 Å². The number of fused-ring (bicyclic) bond motifs is 3. The van der Waals surface area contributed by atoms with E-state index < -0.39 is 11.6 Å². The summed E-state index contributed by atoms with van der Waals surface area (Å²) in [5.74, 6) is -1.03. The van der Waals surface area contributed by atoms with Crippen molar-refractivity contribution < 1.29 is 23.9 Å². The highest BCUT2D eigenvalue weighted by Gasteiger charge is 2.60. The number of likely N-dealkylation sites (N-methyl/N-ethyl adjacent to an activating group) is 1. The number of esters is 1. The van der Waals surface area contributed by atoms with Crippen molar-refractivity contribution in [2.24, 2.45) is 0 Å². The van der Waals surface area contributed by atoms with Gasteiger partial charge in [0, 0.05) is 26.5 Å². The van der Waals surface area contributed by atoms with Crippen LogP contribution in [-0.2, 0) is 19.1 Å². The van der Waals surface area contributed by atoms with Gasteiger partial charge in [0.1, 0.15) is 6.61 Å². The van der Waals surface area contributed by atoms with E-state index in [0.717, 1.165) is 12.8 Å². The molecule has 132 valence electrons. The number of rotatable bonds is 3. The van der Waals surface area contributed by atoms with Crippen LogP contribution in [0.2, 0.25) is 0 Å². The Morgan fingerprint density at radius 3 is 2.92 bits per heavy atom. The highest BCUT2D eigenvalue weighted by molar-refractivity contribution is 6.15. The molecule has 0 N–H and O–H groups in total. The molecule has 0 bridgehead atoms. The van der Waals surface area contributed by atoms with Crippen LogP contribution < -0.4 is 4.90 Å². The van der Waals surface area contributed by atoms with Gasteiger partial charge in [-0.05, 0) is 25.0 Å². The molecule has 3 heterocycles. The van der Waals surface area contributed by atoms with E-state index in [9.17, 15) is 14.4 Å². The summed E-state index contributed by atoms with van der Waals surface area (Å²) in [6.07, 6.45) is 2.11. The average molecular weight is 344 g/mol. The fourth-order valence-electron chi connectivity index (χ4n) is 3.95. The summed E-state index contributed by atoms with van der Waals surface area (Å²) in [4.78, 5) is 41.1. The van der Waals surface area contributed by atoms with Crippen LogP contribution in [0.5, 0.6) is 0 Å². The van der Waals surface area contributed by atoms with E-state index in [4.69, 9.17) is 9.47 Å². The van der Waals surface area contributed by atoms with Crippen molar-refractivity contribution in [3.8, 4) is 0 Å². The van der Waals surface area contributed by atoms with Gasteiger partial charge in [0.25, 0.3) is 5.91 Å². The van der Waals surface area contributed by atoms with Gasteiger partial charge in [-0.25, -0.2) is 4.79 Å². The van der Waals surface area contributed by atoms with Crippen molar-refractivity contribution in [1.82, 2.24) is 4.90 Å². The molecule has 2 amide bonds. The molecule has 2 unspecified atom stereocenters. The van der Waals surface area contributed by atoms with Crippen LogP contribution in [-0.4, -0.2) is 54.7 Å². The second-order valence-corrected chi connectivity index (χ2v) is 6.66. The molecule has 4 rings (SSSR count). The first kappa shape index (κ1) is 16.1. The first-order valence-electron chi connectivity index (χ1n) is 8.55. The van der Waals surface area contributed by atoms with Crippen molar-refractivity contribution in [1.29, 1.82) is 0 Å². The second-order valence-electron chi connectivity index (χ2n) is 6.66. The number of carbonyl (C=O) groups excluding carboxylic acids is 3.